The number of hydrogen-bond donors (Lipinski definition) is 3. The van der Waals surface area contributed by atoms with Gasteiger partial charge in [0.2, 0.25) is 0 Å². The molecule has 3 N–H and O–H groups in total. The molecule has 1 aromatic rings. The van der Waals surface area contributed by atoms with Gasteiger partial charge < -0.3 is 15.2 Å². The summed E-state index contributed by atoms with van der Waals surface area (Å²) < 4.78 is 0. The summed E-state index contributed by atoms with van der Waals surface area (Å²) in [5.41, 5.74) is 4.99. The number of aromatic nitrogens is 2. The standard InChI is InChI=1S/C26H36N2O3/c1-4-15-9-17-12-18(29)5-7-25(17,2)19-6-8-26(3)20(23(15)19)10-16(11-22(30)31)24(26)21-13-27-14-28-21/h9,13-15,18-20,23,29H,4-8,10-12H2,1-3H3,(H,27,28)(H,30,31)/t15-,18-,19-,20-,23+,25-,26-/m0/s1. The van der Waals surface area contributed by atoms with E-state index in [1.54, 1.807) is 6.33 Å². The summed E-state index contributed by atoms with van der Waals surface area (Å²) in [7, 11) is 0. The maximum Gasteiger partial charge on any atom is 0.307 e. The van der Waals surface area contributed by atoms with Crippen LogP contribution in [0.25, 0.3) is 5.57 Å². The van der Waals surface area contributed by atoms with E-state index < -0.39 is 5.97 Å². The van der Waals surface area contributed by atoms with Crippen LogP contribution < -0.4 is 0 Å². The fourth-order valence-corrected chi connectivity index (χ4v) is 8.21. The van der Waals surface area contributed by atoms with Crippen molar-refractivity contribution in [2.24, 2.45) is 34.5 Å². The average molecular weight is 425 g/mol. The van der Waals surface area contributed by atoms with Crippen molar-refractivity contribution in [3.63, 3.8) is 0 Å². The molecule has 0 unspecified atom stereocenters. The number of aliphatic carboxylic acids is 1. The van der Waals surface area contributed by atoms with E-state index in [0.717, 1.165) is 49.8 Å². The fourth-order valence-electron chi connectivity index (χ4n) is 8.21. The van der Waals surface area contributed by atoms with Crippen molar-refractivity contribution in [1.29, 1.82) is 0 Å². The zero-order valence-electron chi connectivity index (χ0n) is 19.0. The largest absolute Gasteiger partial charge is 0.481 e. The molecule has 4 aliphatic carbocycles. The van der Waals surface area contributed by atoms with E-state index in [2.05, 4.69) is 36.8 Å². The van der Waals surface area contributed by atoms with Gasteiger partial charge in [-0.15, -0.1) is 0 Å². The molecule has 2 fully saturated rings. The monoisotopic (exact) mass is 424 g/mol. The van der Waals surface area contributed by atoms with Crippen molar-refractivity contribution in [3.8, 4) is 0 Å². The number of carboxylic acid groups (broad SMARTS) is 1. The van der Waals surface area contributed by atoms with Gasteiger partial charge in [-0.3, -0.25) is 4.79 Å². The lowest BCUT2D eigenvalue weighted by Gasteiger charge is -2.59. The Labute approximate surface area is 185 Å². The van der Waals surface area contributed by atoms with Gasteiger partial charge in [-0.1, -0.05) is 38.0 Å². The molecule has 1 aromatic heterocycles. The second-order valence-electron chi connectivity index (χ2n) is 11.0. The van der Waals surface area contributed by atoms with Crippen LogP contribution in [0, 0.1) is 34.5 Å². The molecule has 0 spiro atoms. The van der Waals surface area contributed by atoms with Crippen LogP contribution in [0.4, 0.5) is 0 Å². The average Bonchev–Trinajstić information content (AvgIpc) is 3.32. The van der Waals surface area contributed by atoms with Crippen molar-refractivity contribution >= 4 is 11.5 Å². The Morgan fingerprint density at radius 2 is 1.97 bits per heavy atom. The second-order valence-corrected chi connectivity index (χ2v) is 11.0. The first-order valence-corrected chi connectivity index (χ1v) is 12.1. The van der Waals surface area contributed by atoms with E-state index in [4.69, 9.17) is 0 Å². The maximum atomic E-state index is 11.8. The summed E-state index contributed by atoms with van der Waals surface area (Å²) in [6.45, 7) is 7.13. The van der Waals surface area contributed by atoms with Crippen LogP contribution in [0.2, 0.25) is 0 Å². The minimum Gasteiger partial charge on any atom is -0.481 e. The molecule has 5 nitrogen and oxygen atoms in total. The topological polar surface area (TPSA) is 86.2 Å². The molecule has 2 saturated carbocycles. The lowest BCUT2D eigenvalue weighted by atomic mass is 9.45. The van der Waals surface area contributed by atoms with Crippen LogP contribution in [0.5, 0.6) is 0 Å². The fraction of sp³-hybridized carbons (Fsp3) is 0.692. The van der Waals surface area contributed by atoms with Gasteiger partial charge in [0.15, 0.2) is 0 Å². The van der Waals surface area contributed by atoms with Crippen molar-refractivity contribution in [3.05, 3.63) is 35.4 Å². The molecule has 0 radical (unpaired) electrons. The lowest BCUT2D eigenvalue weighted by Crippen LogP contribution is -2.52. The number of carbonyl (C=O) groups is 1. The molecule has 0 aromatic carbocycles. The normalized spacial score (nSPS) is 41.9. The molecule has 7 atom stereocenters. The van der Waals surface area contributed by atoms with E-state index in [1.807, 2.05) is 6.20 Å². The Balaban J connectivity index is 1.59. The molecule has 0 amide bonds. The van der Waals surface area contributed by atoms with E-state index in [9.17, 15) is 15.0 Å². The number of aliphatic hydroxyl groups is 1. The Bertz CT molecular complexity index is 932. The zero-order chi connectivity index (χ0) is 22.0. The van der Waals surface area contributed by atoms with Gasteiger partial charge in [-0.05, 0) is 85.0 Å². The summed E-state index contributed by atoms with van der Waals surface area (Å²) in [6.07, 6.45) is 13.1. The van der Waals surface area contributed by atoms with E-state index in [-0.39, 0.29) is 23.4 Å². The van der Waals surface area contributed by atoms with Gasteiger partial charge in [0.25, 0.3) is 0 Å². The number of hydrogen-bond acceptors (Lipinski definition) is 3. The number of imidazole rings is 1. The summed E-state index contributed by atoms with van der Waals surface area (Å²) in [5, 5.41) is 20.0. The number of allylic oxidation sites excluding steroid dienone is 2. The van der Waals surface area contributed by atoms with Gasteiger partial charge in [-0.25, -0.2) is 4.98 Å². The number of carboxylic acids is 1. The summed E-state index contributed by atoms with van der Waals surface area (Å²) in [5.74, 6) is 1.42. The number of nitrogens with one attached hydrogen (secondary N) is 1. The van der Waals surface area contributed by atoms with Gasteiger partial charge in [-0.2, -0.15) is 0 Å². The molecule has 0 bridgehead atoms. The van der Waals surface area contributed by atoms with Gasteiger partial charge >= 0.3 is 5.97 Å². The van der Waals surface area contributed by atoms with Gasteiger partial charge in [0.05, 0.1) is 30.7 Å². The third-order valence-electron chi connectivity index (χ3n) is 9.63. The highest BCUT2D eigenvalue weighted by Gasteiger charge is 2.60. The van der Waals surface area contributed by atoms with Crippen LogP contribution in [0.1, 0.15) is 77.8 Å². The molecule has 4 aliphatic rings. The highest BCUT2D eigenvalue weighted by molar-refractivity contribution is 5.80. The number of rotatable bonds is 4. The smallest absolute Gasteiger partial charge is 0.307 e. The van der Waals surface area contributed by atoms with Crippen molar-refractivity contribution in [1.82, 2.24) is 9.97 Å². The van der Waals surface area contributed by atoms with Crippen molar-refractivity contribution < 1.29 is 15.0 Å². The molecule has 0 saturated heterocycles. The number of H-pyrrole nitrogens is 1. The second kappa shape index (κ2) is 7.33. The summed E-state index contributed by atoms with van der Waals surface area (Å²) in [6, 6.07) is 0. The van der Waals surface area contributed by atoms with Crippen LogP contribution in [-0.2, 0) is 4.79 Å². The molecule has 5 rings (SSSR count). The summed E-state index contributed by atoms with van der Waals surface area (Å²) >= 11 is 0. The highest BCUT2D eigenvalue weighted by Crippen LogP contribution is 2.68. The van der Waals surface area contributed by atoms with E-state index >= 15 is 0 Å². The number of aromatic amines is 1. The quantitative estimate of drug-likeness (QED) is 0.579. The van der Waals surface area contributed by atoms with Crippen molar-refractivity contribution in [2.75, 3.05) is 0 Å². The van der Waals surface area contributed by atoms with Gasteiger partial charge in [0, 0.05) is 0 Å². The minimum atomic E-state index is -0.739. The number of fused-ring (bicyclic) bond motifs is 5. The molecule has 168 valence electrons. The molecule has 1 heterocycles. The van der Waals surface area contributed by atoms with Gasteiger partial charge in [0.1, 0.15) is 0 Å². The molecular weight excluding hydrogens is 388 g/mol. The third kappa shape index (κ3) is 3.06. The SMILES string of the molecule is CC[C@H]1C=C2C[C@@H](O)CC[C@]2(C)[C@H]2CC[C@]3(C)C(c4cnc[nH]4)=C(CC(=O)O)C[C@H]3[C@H]12. The molecule has 5 heteroatoms. The van der Waals surface area contributed by atoms with Crippen LogP contribution in [-0.4, -0.2) is 32.3 Å². The van der Waals surface area contributed by atoms with Crippen LogP contribution in [0.15, 0.2) is 29.7 Å². The Morgan fingerprint density at radius 3 is 2.65 bits per heavy atom. The van der Waals surface area contributed by atoms with Crippen LogP contribution in [0.3, 0.4) is 0 Å². The first kappa shape index (κ1) is 21.0. The van der Waals surface area contributed by atoms with Crippen LogP contribution >= 0.6 is 0 Å². The molecular formula is C26H36N2O3. The lowest BCUT2D eigenvalue weighted by molar-refractivity contribution is -0.136. The predicted molar refractivity (Wildman–Crippen MR) is 120 cm³/mol. The predicted octanol–water partition coefficient (Wildman–Crippen LogP) is 5.21. The molecule has 0 aliphatic heterocycles. The highest BCUT2D eigenvalue weighted by atomic mass is 16.4. The zero-order valence-corrected chi connectivity index (χ0v) is 19.0. The maximum absolute atomic E-state index is 11.8. The Kier molecular flexibility index (Phi) is 4.96. The van der Waals surface area contributed by atoms with Crippen molar-refractivity contribution in [2.45, 2.75) is 78.2 Å². The Morgan fingerprint density at radius 1 is 1.19 bits per heavy atom. The van der Waals surface area contributed by atoms with E-state index in [1.165, 1.54) is 17.6 Å². The number of aliphatic hydroxyl groups excluding tert-OH is 1. The van der Waals surface area contributed by atoms with E-state index in [0.29, 0.717) is 23.7 Å². The minimum absolute atomic E-state index is 0.0121. The first-order chi connectivity index (χ1) is 14.8. The molecule has 31 heavy (non-hydrogen) atoms. The summed E-state index contributed by atoms with van der Waals surface area (Å²) in [4.78, 5) is 19.3. The first-order valence-electron chi connectivity index (χ1n) is 12.1. The Hall–Kier alpha value is -1.88. The third-order valence-corrected chi connectivity index (χ3v) is 9.63. The number of nitrogens with zero attached hydrogens (tertiary/aromatic N) is 1.